The van der Waals surface area contributed by atoms with Crippen LogP contribution in [0.25, 0.3) is 0 Å². The van der Waals surface area contributed by atoms with Crippen molar-refractivity contribution < 1.29 is 0 Å². The largest absolute Gasteiger partial charge is 0.105 e. The number of hydrogen-bond acceptors (Lipinski definition) is 0. The van der Waals surface area contributed by atoms with Crippen LogP contribution in [0.1, 0.15) is 54.4 Å². The normalized spacial score (nSPS) is 16.2. The summed E-state index contributed by atoms with van der Waals surface area (Å²) < 4.78 is 0. The minimum absolute atomic E-state index is 0.486. The Balaban J connectivity index is 4.23. The van der Waals surface area contributed by atoms with Gasteiger partial charge < -0.3 is 0 Å². The molecule has 0 aliphatic carbocycles. The van der Waals surface area contributed by atoms with E-state index < -0.39 is 0 Å². The second kappa shape index (κ2) is 3.85. The van der Waals surface area contributed by atoms with E-state index in [2.05, 4.69) is 49.4 Å². The molecule has 72 valence electrons. The fourth-order valence-electron chi connectivity index (χ4n) is 1.56. The van der Waals surface area contributed by atoms with Crippen LogP contribution >= 0.6 is 0 Å². The maximum absolute atomic E-state index is 2.38. The lowest BCUT2D eigenvalue weighted by molar-refractivity contribution is 0.184. The van der Waals surface area contributed by atoms with Gasteiger partial charge in [0, 0.05) is 0 Å². The molecule has 0 nitrogen and oxygen atoms in total. The fraction of sp³-hybridized carbons (Fsp3) is 1.00. The van der Waals surface area contributed by atoms with Gasteiger partial charge in [-0.2, -0.15) is 0 Å². The van der Waals surface area contributed by atoms with Crippen LogP contribution in [0.2, 0.25) is 5.82 Å². The molecular weight excluding hydrogens is 143 g/mol. The quantitative estimate of drug-likeness (QED) is 0.565. The Morgan fingerprint density at radius 2 is 1.58 bits per heavy atom. The molecule has 1 atom stereocenters. The Bertz CT molecular complexity index is 134. The third-order valence-electron chi connectivity index (χ3n) is 3.45. The van der Waals surface area contributed by atoms with E-state index in [-0.39, 0.29) is 0 Å². The van der Waals surface area contributed by atoms with Crippen LogP contribution in [0, 0.1) is 10.8 Å². The Morgan fingerprint density at radius 1 is 1.17 bits per heavy atom. The van der Waals surface area contributed by atoms with Gasteiger partial charge in [-0.05, 0) is 17.3 Å². The fourth-order valence-corrected chi connectivity index (χ4v) is 1.56. The van der Waals surface area contributed by atoms with Gasteiger partial charge in [0.15, 0.2) is 0 Å². The van der Waals surface area contributed by atoms with E-state index in [4.69, 9.17) is 0 Å². The highest BCUT2D eigenvalue weighted by molar-refractivity contribution is 6.11. The van der Waals surface area contributed by atoms with Crippen LogP contribution in [0.5, 0.6) is 0 Å². The molecular formula is C11H25B. The van der Waals surface area contributed by atoms with Crippen molar-refractivity contribution >= 4 is 7.85 Å². The summed E-state index contributed by atoms with van der Waals surface area (Å²) in [4.78, 5) is 0. The summed E-state index contributed by atoms with van der Waals surface area (Å²) >= 11 is 0. The molecule has 0 amide bonds. The predicted octanol–water partition coefficient (Wildman–Crippen LogP) is 3.28. The third kappa shape index (κ3) is 3.64. The molecule has 0 aromatic heterocycles. The lowest BCUT2D eigenvalue weighted by atomic mass is 9.62. The molecule has 0 heterocycles. The first-order chi connectivity index (χ1) is 5.21. The van der Waals surface area contributed by atoms with Gasteiger partial charge in [0.2, 0.25) is 0 Å². The first-order valence-corrected chi connectivity index (χ1v) is 5.21. The average Bonchev–Trinajstić information content (AvgIpc) is 1.85. The molecule has 0 aliphatic rings. The molecule has 0 bridgehead atoms. The second-order valence-corrected chi connectivity index (χ2v) is 5.84. The summed E-state index contributed by atoms with van der Waals surface area (Å²) in [7, 11) is 2.33. The van der Waals surface area contributed by atoms with Crippen LogP contribution < -0.4 is 0 Å². The molecule has 1 unspecified atom stereocenters. The molecule has 0 saturated heterocycles. The molecule has 0 fully saturated rings. The molecule has 0 N–H and O–H groups in total. The Labute approximate surface area is 79.5 Å². The smallest absolute Gasteiger partial charge is 0.0692 e. The van der Waals surface area contributed by atoms with Crippen LogP contribution in [0.3, 0.4) is 0 Å². The Kier molecular flexibility index (Phi) is 3.87. The zero-order chi connectivity index (χ0) is 9.99. The first-order valence-electron chi connectivity index (χ1n) is 5.21. The molecule has 12 heavy (non-hydrogen) atoms. The van der Waals surface area contributed by atoms with Crippen molar-refractivity contribution in [1.82, 2.24) is 0 Å². The van der Waals surface area contributed by atoms with Crippen LogP contribution in [0.4, 0.5) is 0 Å². The zero-order valence-corrected chi connectivity index (χ0v) is 9.99. The van der Waals surface area contributed by atoms with E-state index in [1.54, 1.807) is 0 Å². The van der Waals surface area contributed by atoms with E-state index in [0.29, 0.717) is 10.8 Å². The van der Waals surface area contributed by atoms with Gasteiger partial charge in [0.1, 0.15) is 7.85 Å². The zero-order valence-electron chi connectivity index (χ0n) is 9.99. The van der Waals surface area contributed by atoms with Crippen molar-refractivity contribution in [2.75, 3.05) is 0 Å². The number of rotatable bonds is 4. The van der Waals surface area contributed by atoms with Crippen molar-refractivity contribution in [3.8, 4) is 0 Å². The van der Waals surface area contributed by atoms with E-state index in [1.807, 2.05) is 0 Å². The minimum atomic E-state index is 0.486. The van der Waals surface area contributed by atoms with Crippen LogP contribution in [0.15, 0.2) is 0 Å². The van der Waals surface area contributed by atoms with E-state index in [0.717, 1.165) is 5.82 Å². The molecule has 0 rings (SSSR count). The second-order valence-electron chi connectivity index (χ2n) is 5.84. The van der Waals surface area contributed by atoms with E-state index >= 15 is 0 Å². The molecule has 0 saturated carbocycles. The standard InChI is InChI=1S/C11H25B/c1-7-10(3,4)8-11(5,6)9(2)12/h9H,7-8,12H2,1-6H3. The average molecular weight is 168 g/mol. The van der Waals surface area contributed by atoms with Gasteiger partial charge in [-0.15, -0.1) is 0 Å². The third-order valence-corrected chi connectivity index (χ3v) is 3.45. The lowest BCUT2D eigenvalue weighted by Crippen LogP contribution is -2.25. The summed E-state index contributed by atoms with van der Waals surface area (Å²) in [5, 5.41) is 0. The molecule has 0 radical (unpaired) electrons. The monoisotopic (exact) mass is 168 g/mol. The van der Waals surface area contributed by atoms with Crippen molar-refractivity contribution in [2.24, 2.45) is 10.8 Å². The maximum atomic E-state index is 2.38. The molecule has 0 spiro atoms. The molecule has 1 heteroatoms. The Hall–Kier alpha value is 0.0649. The molecule has 0 aromatic rings. The highest BCUT2D eigenvalue weighted by atomic mass is 14.3. The summed E-state index contributed by atoms with van der Waals surface area (Å²) in [6, 6.07) is 0. The summed E-state index contributed by atoms with van der Waals surface area (Å²) in [6.07, 6.45) is 2.61. The van der Waals surface area contributed by atoms with E-state index in [1.165, 1.54) is 12.8 Å². The number of hydrogen-bond donors (Lipinski definition) is 0. The van der Waals surface area contributed by atoms with Gasteiger partial charge in [0.05, 0.1) is 0 Å². The SMILES string of the molecule is BC(C)C(C)(C)CC(C)(C)CC. The van der Waals surface area contributed by atoms with Crippen molar-refractivity contribution in [3.05, 3.63) is 0 Å². The first kappa shape index (κ1) is 12.1. The summed E-state index contributed by atoms with van der Waals surface area (Å²) in [5.41, 5.74) is 0.993. The van der Waals surface area contributed by atoms with Crippen LogP contribution in [-0.4, -0.2) is 7.85 Å². The maximum Gasteiger partial charge on any atom is 0.105 e. The summed E-state index contributed by atoms with van der Waals surface area (Å²) in [6.45, 7) is 14.1. The van der Waals surface area contributed by atoms with Gasteiger partial charge in [-0.25, -0.2) is 0 Å². The van der Waals surface area contributed by atoms with Gasteiger partial charge >= 0.3 is 0 Å². The van der Waals surface area contributed by atoms with Gasteiger partial charge in [-0.1, -0.05) is 53.8 Å². The topological polar surface area (TPSA) is 0 Å². The Morgan fingerprint density at radius 3 is 1.83 bits per heavy atom. The minimum Gasteiger partial charge on any atom is -0.0692 e. The highest BCUT2D eigenvalue weighted by Gasteiger charge is 2.29. The molecule has 0 aliphatic heterocycles. The van der Waals surface area contributed by atoms with Gasteiger partial charge in [0.25, 0.3) is 0 Å². The predicted molar refractivity (Wildman–Crippen MR) is 60.4 cm³/mol. The van der Waals surface area contributed by atoms with Gasteiger partial charge in [-0.3, -0.25) is 0 Å². The van der Waals surface area contributed by atoms with Crippen molar-refractivity contribution in [3.63, 3.8) is 0 Å². The highest BCUT2D eigenvalue weighted by Crippen LogP contribution is 2.41. The lowest BCUT2D eigenvalue weighted by Gasteiger charge is -2.37. The summed E-state index contributed by atoms with van der Waals surface area (Å²) in [5.74, 6) is 0.781. The molecule has 0 aromatic carbocycles. The van der Waals surface area contributed by atoms with Crippen LogP contribution in [-0.2, 0) is 0 Å². The van der Waals surface area contributed by atoms with E-state index in [9.17, 15) is 0 Å². The van der Waals surface area contributed by atoms with Crippen molar-refractivity contribution in [2.45, 2.75) is 60.2 Å². The van der Waals surface area contributed by atoms with Crippen molar-refractivity contribution in [1.29, 1.82) is 0 Å².